The van der Waals surface area contributed by atoms with Crippen molar-refractivity contribution >= 4 is 11.7 Å². The topological polar surface area (TPSA) is 75.4 Å². The van der Waals surface area contributed by atoms with Gasteiger partial charge in [0.25, 0.3) is 5.91 Å². The minimum absolute atomic E-state index is 0.107. The number of aryl methyl sites for hydroxylation is 1. The van der Waals surface area contributed by atoms with Crippen LogP contribution in [0.25, 0.3) is 5.69 Å². The number of nitrogens with one attached hydrogen (secondary N) is 1. The summed E-state index contributed by atoms with van der Waals surface area (Å²) in [5, 5.41) is 2.94. The Balaban J connectivity index is 1.67. The fourth-order valence-electron chi connectivity index (χ4n) is 4.17. The second-order valence-electron chi connectivity index (χ2n) is 7.84. The Hall–Kier alpha value is -3.55. The van der Waals surface area contributed by atoms with E-state index >= 15 is 0 Å². The Bertz CT molecular complexity index is 1090. The molecule has 7 nitrogen and oxygen atoms in total. The summed E-state index contributed by atoms with van der Waals surface area (Å²) in [5.74, 6) is 0.517. The number of pyridine rings is 1. The zero-order valence-corrected chi connectivity index (χ0v) is 17.5. The number of hydrogen-bond acceptors (Lipinski definition) is 4. The number of aliphatic imine (C=N–C) groups is 1. The Labute approximate surface area is 180 Å². The molecule has 160 valence electrons. The summed E-state index contributed by atoms with van der Waals surface area (Å²) < 4.78 is 15.0. The summed E-state index contributed by atoms with van der Waals surface area (Å²) >= 11 is 0. The number of amidine groups is 1. The molecule has 8 heteroatoms. The summed E-state index contributed by atoms with van der Waals surface area (Å²) in [6.45, 7) is 14.4. The Morgan fingerprint density at radius 1 is 1.39 bits per heavy atom. The maximum atomic E-state index is 13.7. The van der Waals surface area contributed by atoms with E-state index in [0.29, 0.717) is 42.1 Å². The summed E-state index contributed by atoms with van der Waals surface area (Å²) in [6, 6.07) is 3.44. The third-order valence-corrected chi connectivity index (χ3v) is 5.91. The molecule has 1 saturated heterocycles. The van der Waals surface area contributed by atoms with E-state index in [9.17, 15) is 9.18 Å². The molecule has 0 radical (unpaired) electrons. The van der Waals surface area contributed by atoms with Crippen LogP contribution in [0.3, 0.4) is 0 Å². The van der Waals surface area contributed by atoms with Gasteiger partial charge in [0.1, 0.15) is 12.2 Å². The second kappa shape index (κ2) is 8.29. The molecule has 1 N–H and O–H groups in total. The second-order valence-corrected chi connectivity index (χ2v) is 7.84. The fraction of sp³-hybridized carbons (Fsp3) is 0.304. The molecule has 2 aromatic rings. The quantitative estimate of drug-likeness (QED) is 0.443. The van der Waals surface area contributed by atoms with E-state index in [-0.39, 0.29) is 17.6 Å². The average molecular weight is 420 g/mol. The molecular weight excluding hydrogens is 395 g/mol. The van der Waals surface area contributed by atoms with Gasteiger partial charge in [0, 0.05) is 18.2 Å². The third kappa shape index (κ3) is 4.05. The maximum absolute atomic E-state index is 13.7. The minimum atomic E-state index is -0.618. The molecule has 1 aliphatic heterocycles. The first-order valence-corrected chi connectivity index (χ1v) is 10.1. The molecule has 1 amide bonds. The molecular formula is C23H25FN6O. The van der Waals surface area contributed by atoms with Gasteiger partial charge >= 0.3 is 0 Å². The van der Waals surface area contributed by atoms with Gasteiger partial charge in [-0.15, -0.1) is 0 Å². The standard InChI is InChI=1S/C23H25FN6O/c1-5-21(25-6-2)26-10-16-9-17-15(4)18(17)11-30(16)23(31)22-19(8-7-14(3)28-22)29-12-20(24)27-13-29/h5-8,12-13,16-18H,1-2,4,9-11H2,3H3,(H,25,26). The van der Waals surface area contributed by atoms with Crippen molar-refractivity contribution in [3.63, 3.8) is 0 Å². The molecule has 3 heterocycles. The highest BCUT2D eigenvalue weighted by atomic mass is 19.1. The van der Waals surface area contributed by atoms with Crippen LogP contribution in [-0.4, -0.2) is 50.3 Å². The van der Waals surface area contributed by atoms with Gasteiger partial charge < -0.3 is 14.8 Å². The molecule has 1 saturated carbocycles. The number of amides is 1. The Morgan fingerprint density at radius 3 is 2.87 bits per heavy atom. The number of piperidine rings is 1. The van der Waals surface area contributed by atoms with E-state index in [0.717, 1.165) is 6.42 Å². The molecule has 0 aromatic carbocycles. The van der Waals surface area contributed by atoms with Gasteiger partial charge in [-0.25, -0.2) is 9.97 Å². The van der Waals surface area contributed by atoms with Crippen LogP contribution < -0.4 is 5.32 Å². The molecule has 2 aromatic heterocycles. The van der Waals surface area contributed by atoms with Crippen LogP contribution >= 0.6 is 0 Å². The van der Waals surface area contributed by atoms with E-state index in [1.165, 1.54) is 28.9 Å². The maximum Gasteiger partial charge on any atom is 0.274 e. The van der Waals surface area contributed by atoms with E-state index in [1.807, 2.05) is 11.8 Å². The number of halogens is 1. The lowest BCUT2D eigenvalue weighted by Crippen LogP contribution is -2.47. The number of carbonyl (C=O) groups is 1. The summed E-state index contributed by atoms with van der Waals surface area (Å²) in [4.78, 5) is 28.2. The first kappa shape index (κ1) is 20.7. The lowest BCUT2D eigenvalue weighted by molar-refractivity contribution is 0.0605. The number of hydrogen-bond donors (Lipinski definition) is 1. The van der Waals surface area contributed by atoms with Crippen molar-refractivity contribution in [1.29, 1.82) is 0 Å². The third-order valence-electron chi connectivity index (χ3n) is 5.91. The lowest BCUT2D eigenvalue weighted by Gasteiger charge is -2.34. The largest absolute Gasteiger partial charge is 0.348 e. The van der Waals surface area contributed by atoms with Crippen molar-refractivity contribution in [3.8, 4) is 5.69 Å². The van der Waals surface area contributed by atoms with E-state index < -0.39 is 5.95 Å². The monoisotopic (exact) mass is 420 g/mol. The molecule has 3 atom stereocenters. The van der Waals surface area contributed by atoms with Crippen molar-refractivity contribution in [2.45, 2.75) is 19.4 Å². The number of aromatic nitrogens is 3. The molecule has 0 bridgehead atoms. The van der Waals surface area contributed by atoms with Crippen LogP contribution in [0, 0.1) is 24.7 Å². The highest BCUT2D eigenvalue weighted by Crippen LogP contribution is 2.51. The normalized spacial score (nSPS) is 22.6. The molecule has 3 unspecified atom stereocenters. The first-order valence-electron chi connectivity index (χ1n) is 10.1. The summed E-state index contributed by atoms with van der Waals surface area (Å²) in [6.07, 6.45) is 6.53. The van der Waals surface area contributed by atoms with Gasteiger partial charge in [-0.3, -0.25) is 9.79 Å². The Kier molecular flexibility index (Phi) is 5.54. The molecule has 0 spiro atoms. The summed E-state index contributed by atoms with van der Waals surface area (Å²) in [5.41, 5.74) is 2.65. The van der Waals surface area contributed by atoms with Gasteiger partial charge in [0.2, 0.25) is 5.95 Å². The van der Waals surface area contributed by atoms with Crippen molar-refractivity contribution < 1.29 is 9.18 Å². The van der Waals surface area contributed by atoms with Gasteiger partial charge in [0.05, 0.1) is 24.5 Å². The predicted molar refractivity (Wildman–Crippen MR) is 117 cm³/mol. The van der Waals surface area contributed by atoms with Crippen molar-refractivity contribution in [1.82, 2.24) is 24.8 Å². The van der Waals surface area contributed by atoms with Crippen molar-refractivity contribution in [2.75, 3.05) is 13.1 Å². The highest BCUT2D eigenvalue weighted by Gasteiger charge is 2.50. The SMILES string of the molecule is C=CNC(C=C)=NCC1CC2C(=C)C2CN1C(=O)c1nc(C)ccc1-n1cnc(F)c1. The zero-order chi connectivity index (χ0) is 22.1. The number of fused-ring (bicyclic) bond motifs is 1. The van der Waals surface area contributed by atoms with Gasteiger partial charge in [0.15, 0.2) is 5.69 Å². The number of carbonyl (C=O) groups excluding carboxylic acids is 1. The van der Waals surface area contributed by atoms with Crippen LogP contribution in [0.2, 0.25) is 0 Å². The van der Waals surface area contributed by atoms with E-state index in [2.05, 4.69) is 40.0 Å². The lowest BCUT2D eigenvalue weighted by atomic mass is 10.0. The van der Waals surface area contributed by atoms with E-state index in [4.69, 9.17) is 0 Å². The first-order chi connectivity index (χ1) is 14.9. The molecule has 2 aliphatic rings. The number of rotatable bonds is 6. The smallest absolute Gasteiger partial charge is 0.274 e. The van der Waals surface area contributed by atoms with Gasteiger partial charge in [-0.2, -0.15) is 4.39 Å². The predicted octanol–water partition coefficient (Wildman–Crippen LogP) is 3.05. The van der Waals surface area contributed by atoms with Gasteiger partial charge in [-0.05, 0) is 43.7 Å². The summed E-state index contributed by atoms with van der Waals surface area (Å²) in [7, 11) is 0. The zero-order valence-electron chi connectivity index (χ0n) is 17.5. The Morgan fingerprint density at radius 2 is 2.19 bits per heavy atom. The van der Waals surface area contributed by atoms with Crippen molar-refractivity contribution in [2.24, 2.45) is 16.8 Å². The highest BCUT2D eigenvalue weighted by molar-refractivity contribution is 5.96. The molecule has 1 aliphatic carbocycles. The van der Waals surface area contributed by atoms with Crippen LogP contribution in [-0.2, 0) is 0 Å². The fourth-order valence-corrected chi connectivity index (χ4v) is 4.17. The van der Waals surface area contributed by atoms with Crippen molar-refractivity contribution in [3.05, 3.63) is 79.6 Å². The number of likely N-dealkylation sites (tertiary alicyclic amines) is 1. The number of imidazole rings is 1. The van der Waals surface area contributed by atoms with E-state index in [1.54, 1.807) is 18.2 Å². The average Bonchev–Trinajstić information content (AvgIpc) is 3.17. The van der Waals surface area contributed by atoms with Crippen LogP contribution in [0.15, 0.2) is 67.2 Å². The molecule has 31 heavy (non-hydrogen) atoms. The molecule has 4 rings (SSSR count). The number of nitrogens with zero attached hydrogens (tertiary/aromatic N) is 5. The van der Waals surface area contributed by atoms with Crippen LogP contribution in [0.5, 0.6) is 0 Å². The van der Waals surface area contributed by atoms with Gasteiger partial charge in [-0.1, -0.05) is 25.3 Å². The molecule has 2 fully saturated rings. The minimum Gasteiger partial charge on any atom is -0.348 e. The van der Waals surface area contributed by atoms with Crippen LogP contribution in [0.4, 0.5) is 4.39 Å². The van der Waals surface area contributed by atoms with Crippen LogP contribution in [0.1, 0.15) is 22.6 Å².